The molecule has 0 fully saturated rings. The fourth-order valence-corrected chi connectivity index (χ4v) is 4.58. The van der Waals surface area contributed by atoms with Crippen LogP contribution < -0.4 is 14.8 Å². The van der Waals surface area contributed by atoms with Crippen LogP contribution in [-0.2, 0) is 11.2 Å². The number of carbonyl (C=O) groups is 2. The highest BCUT2D eigenvalue weighted by Crippen LogP contribution is 2.47. The molecule has 0 aliphatic carbocycles. The Labute approximate surface area is 209 Å². The van der Waals surface area contributed by atoms with Gasteiger partial charge in [0.25, 0.3) is 5.91 Å². The van der Waals surface area contributed by atoms with Crippen molar-refractivity contribution in [3.8, 4) is 22.6 Å². The van der Waals surface area contributed by atoms with Gasteiger partial charge in [-0.05, 0) is 36.8 Å². The third-order valence-electron chi connectivity index (χ3n) is 5.52. The zero-order chi connectivity index (χ0) is 25.3. The Morgan fingerprint density at radius 1 is 1.06 bits per heavy atom. The fourth-order valence-electron chi connectivity index (χ4n) is 3.92. The molecule has 3 aromatic rings. The van der Waals surface area contributed by atoms with Crippen molar-refractivity contribution < 1.29 is 33.0 Å². The summed E-state index contributed by atoms with van der Waals surface area (Å²) >= 11 is 12.5. The van der Waals surface area contributed by atoms with Gasteiger partial charge < -0.3 is 19.9 Å². The number of aliphatic carboxylic acids is 1. The van der Waals surface area contributed by atoms with Gasteiger partial charge >= 0.3 is 5.97 Å². The second-order valence-electron chi connectivity index (χ2n) is 7.87. The number of carboxylic acids is 1. The molecule has 0 unspecified atom stereocenters. The normalized spacial score (nSPS) is 13.3. The maximum Gasteiger partial charge on any atom is 0.326 e. The molecule has 1 atom stereocenters. The monoisotopic (exact) mass is 521 g/mol. The molecule has 0 radical (unpaired) electrons. The number of rotatable bonds is 6. The Kier molecular flexibility index (Phi) is 7.14. The molecule has 1 amide bonds. The number of aryl methyl sites for hydroxylation is 1. The number of benzene rings is 3. The van der Waals surface area contributed by atoms with Crippen molar-refractivity contribution >= 4 is 35.1 Å². The van der Waals surface area contributed by atoms with E-state index in [0.717, 1.165) is 18.2 Å². The second-order valence-corrected chi connectivity index (χ2v) is 8.69. The molecule has 35 heavy (non-hydrogen) atoms. The molecular weight excluding hydrogens is 503 g/mol. The lowest BCUT2D eigenvalue weighted by Gasteiger charge is -2.25. The van der Waals surface area contributed by atoms with Crippen LogP contribution in [0.15, 0.2) is 42.5 Å². The number of hydrogen-bond donors (Lipinski definition) is 2. The third kappa shape index (κ3) is 5.04. The maximum atomic E-state index is 14.2. The minimum absolute atomic E-state index is 0.0649. The quantitative estimate of drug-likeness (QED) is 0.450. The number of fused-ring (bicyclic) bond motifs is 1. The van der Waals surface area contributed by atoms with Crippen LogP contribution in [0.2, 0.25) is 10.0 Å². The van der Waals surface area contributed by atoms with Crippen LogP contribution in [-0.4, -0.2) is 36.2 Å². The van der Waals surface area contributed by atoms with Crippen LogP contribution in [0, 0.1) is 18.6 Å². The first-order valence-corrected chi connectivity index (χ1v) is 11.3. The van der Waals surface area contributed by atoms with Crippen LogP contribution in [0.25, 0.3) is 11.1 Å². The molecule has 0 aromatic heterocycles. The molecule has 2 N–H and O–H groups in total. The van der Waals surface area contributed by atoms with Gasteiger partial charge in [-0.3, -0.25) is 4.79 Å². The highest BCUT2D eigenvalue weighted by molar-refractivity contribution is 6.39. The average Bonchev–Trinajstić information content (AvgIpc) is 2.79. The zero-order valence-electron chi connectivity index (χ0n) is 18.3. The van der Waals surface area contributed by atoms with Crippen molar-refractivity contribution in [1.82, 2.24) is 5.32 Å². The van der Waals surface area contributed by atoms with Crippen molar-refractivity contribution in [2.45, 2.75) is 19.4 Å². The summed E-state index contributed by atoms with van der Waals surface area (Å²) in [5.74, 6) is -2.99. The summed E-state index contributed by atoms with van der Waals surface area (Å²) < 4.78 is 39.5. The molecule has 1 aliphatic rings. The molecule has 4 rings (SSSR count). The van der Waals surface area contributed by atoms with E-state index in [9.17, 15) is 23.5 Å². The summed E-state index contributed by atoms with van der Waals surface area (Å²) in [5.41, 5.74) is 1.35. The number of carboxylic acid groups (broad SMARTS) is 1. The maximum absolute atomic E-state index is 14.2. The summed E-state index contributed by atoms with van der Waals surface area (Å²) in [4.78, 5) is 24.7. The SMILES string of the molecule is Cc1cccc(F)c1C(=O)N[C@@H](Cc1ccc(-c2c(Cl)cc(F)cc2Cl)c2c1OCCO2)C(=O)O. The standard InChI is InChI=1S/C25H19Cl2F2NO5/c1-12-3-2-4-18(29)20(12)24(31)30-19(25(32)33)9-13-5-6-15(23-22(13)34-7-8-35-23)21-16(26)10-14(28)11-17(21)27/h2-6,10-11,19H,7-9H2,1H3,(H,30,31)(H,32,33)/t19-/m0/s1. The largest absolute Gasteiger partial charge is 0.486 e. The summed E-state index contributed by atoms with van der Waals surface area (Å²) in [5, 5.41) is 12.3. The van der Waals surface area contributed by atoms with E-state index in [-0.39, 0.29) is 46.7 Å². The van der Waals surface area contributed by atoms with E-state index in [2.05, 4.69) is 5.32 Å². The van der Waals surface area contributed by atoms with Crippen LogP contribution >= 0.6 is 23.2 Å². The highest BCUT2D eigenvalue weighted by atomic mass is 35.5. The Bertz CT molecular complexity index is 1290. The minimum Gasteiger partial charge on any atom is -0.486 e. The molecule has 1 aliphatic heterocycles. The fraction of sp³-hybridized carbons (Fsp3) is 0.200. The molecule has 6 nitrogen and oxygen atoms in total. The van der Waals surface area contributed by atoms with E-state index in [1.54, 1.807) is 25.1 Å². The van der Waals surface area contributed by atoms with Gasteiger partial charge in [0.15, 0.2) is 11.5 Å². The van der Waals surface area contributed by atoms with Gasteiger partial charge in [-0.15, -0.1) is 0 Å². The van der Waals surface area contributed by atoms with Crippen LogP contribution in [0.5, 0.6) is 11.5 Å². The van der Waals surface area contributed by atoms with Crippen molar-refractivity contribution in [3.05, 3.63) is 80.8 Å². The summed E-state index contributed by atoms with van der Waals surface area (Å²) in [6.07, 6.45) is -0.175. The Morgan fingerprint density at radius 2 is 1.71 bits per heavy atom. The first-order chi connectivity index (χ1) is 16.7. The first-order valence-electron chi connectivity index (χ1n) is 10.5. The van der Waals surface area contributed by atoms with Crippen LogP contribution in [0.3, 0.4) is 0 Å². The van der Waals surface area contributed by atoms with E-state index in [1.165, 1.54) is 6.07 Å². The van der Waals surface area contributed by atoms with E-state index >= 15 is 0 Å². The number of ether oxygens (including phenoxy) is 2. The number of nitrogens with one attached hydrogen (secondary N) is 1. The van der Waals surface area contributed by atoms with Gasteiger partial charge in [0, 0.05) is 23.1 Å². The minimum atomic E-state index is -1.39. The average molecular weight is 522 g/mol. The lowest BCUT2D eigenvalue weighted by Crippen LogP contribution is -2.43. The predicted molar refractivity (Wildman–Crippen MR) is 127 cm³/mol. The summed E-state index contributed by atoms with van der Waals surface area (Å²) in [6, 6.07) is 8.19. The van der Waals surface area contributed by atoms with E-state index in [0.29, 0.717) is 22.3 Å². The molecule has 3 aromatic carbocycles. The van der Waals surface area contributed by atoms with Gasteiger partial charge in [-0.2, -0.15) is 0 Å². The van der Waals surface area contributed by atoms with E-state index in [4.69, 9.17) is 32.7 Å². The molecule has 0 bridgehead atoms. The Balaban J connectivity index is 1.69. The summed E-state index contributed by atoms with van der Waals surface area (Å²) in [6.45, 7) is 1.97. The van der Waals surface area contributed by atoms with Gasteiger partial charge in [-0.1, -0.05) is 41.4 Å². The molecule has 10 heteroatoms. The van der Waals surface area contributed by atoms with Crippen molar-refractivity contribution in [1.29, 1.82) is 0 Å². The lowest BCUT2D eigenvalue weighted by molar-refractivity contribution is -0.139. The molecule has 1 heterocycles. The van der Waals surface area contributed by atoms with Gasteiger partial charge in [0.2, 0.25) is 0 Å². The smallest absolute Gasteiger partial charge is 0.326 e. The second kappa shape index (κ2) is 10.1. The number of carbonyl (C=O) groups excluding carboxylic acids is 1. The van der Waals surface area contributed by atoms with Crippen molar-refractivity contribution in [2.24, 2.45) is 0 Å². The lowest BCUT2D eigenvalue weighted by atomic mass is 9.97. The van der Waals surface area contributed by atoms with Crippen LogP contribution in [0.4, 0.5) is 8.78 Å². The van der Waals surface area contributed by atoms with E-state index < -0.39 is 29.6 Å². The number of amides is 1. The zero-order valence-corrected chi connectivity index (χ0v) is 19.8. The Morgan fingerprint density at radius 3 is 2.34 bits per heavy atom. The molecule has 0 saturated carbocycles. The predicted octanol–water partition coefficient (Wildman–Crippen LogP) is 5.44. The Hall–Kier alpha value is -3.36. The molecular formula is C25H19Cl2F2NO5. The first kappa shape index (κ1) is 24.8. The van der Waals surface area contributed by atoms with Crippen LogP contribution in [0.1, 0.15) is 21.5 Å². The van der Waals surface area contributed by atoms with Gasteiger partial charge in [0.05, 0.1) is 15.6 Å². The van der Waals surface area contributed by atoms with Gasteiger partial charge in [-0.25, -0.2) is 13.6 Å². The highest BCUT2D eigenvalue weighted by Gasteiger charge is 2.29. The number of halogens is 4. The molecule has 0 saturated heterocycles. The molecule has 0 spiro atoms. The summed E-state index contributed by atoms with van der Waals surface area (Å²) in [7, 11) is 0. The topological polar surface area (TPSA) is 84.9 Å². The van der Waals surface area contributed by atoms with Crippen molar-refractivity contribution in [3.63, 3.8) is 0 Å². The molecule has 182 valence electrons. The van der Waals surface area contributed by atoms with Crippen molar-refractivity contribution in [2.75, 3.05) is 13.2 Å². The van der Waals surface area contributed by atoms with E-state index in [1.807, 2.05) is 0 Å². The van der Waals surface area contributed by atoms with Gasteiger partial charge in [0.1, 0.15) is 30.9 Å². The third-order valence-corrected chi connectivity index (χ3v) is 6.12. The number of hydrogen-bond acceptors (Lipinski definition) is 4.